The Hall–Kier alpha value is -3.66. The summed E-state index contributed by atoms with van der Waals surface area (Å²) in [6, 6.07) is 41.1. The van der Waals surface area contributed by atoms with E-state index in [0.29, 0.717) is 5.15 Å². The zero-order valence-corrected chi connectivity index (χ0v) is 19.5. The highest BCUT2D eigenvalue weighted by atomic mass is 35.5. The molecule has 6 aromatic rings. The van der Waals surface area contributed by atoms with Crippen LogP contribution in [0.25, 0.3) is 21.9 Å². The van der Waals surface area contributed by atoms with Gasteiger partial charge in [-0.2, -0.15) is 0 Å². The molecule has 0 atom stereocenters. The van der Waals surface area contributed by atoms with Crippen LogP contribution < -0.4 is 20.7 Å². The van der Waals surface area contributed by atoms with E-state index in [2.05, 4.69) is 114 Å². The van der Waals surface area contributed by atoms with E-state index in [-0.39, 0.29) is 0 Å². The maximum absolute atomic E-state index is 6.54. The number of hydrogen-bond acceptors (Lipinski definition) is 2. The third kappa shape index (κ3) is 3.12. The molecule has 4 aromatic carbocycles. The van der Waals surface area contributed by atoms with Crippen molar-refractivity contribution in [1.29, 1.82) is 0 Å². The lowest BCUT2D eigenvalue weighted by Gasteiger charge is -2.34. The summed E-state index contributed by atoms with van der Waals surface area (Å²) in [5, 5.41) is 7.61. The average molecular weight is 462 g/mol. The maximum atomic E-state index is 6.54. The van der Waals surface area contributed by atoms with E-state index in [1.54, 1.807) is 6.20 Å². The molecule has 0 radical (unpaired) electrons. The molecule has 0 bridgehead atoms. The van der Waals surface area contributed by atoms with E-state index in [0.717, 1.165) is 21.9 Å². The summed E-state index contributed by atoms with van der Waals surface area (Å²) >= 11 is 6.54. The summed E-state index contributed by atoms with van der Waals surface area (Å²) in [5.41, 5.74) is 1.58. The number of furan rings is 1. The standard InChI is InChI=1S/C29H20ClNOSi/c30-29-28-25-20-24(16-17-26(25)32-27(28)18-19-31-29)33(21-10-4-1-5-11-21,22-12-6-2-7-13-22)23-14-8-3-9-15-23/h1-20H. The summed E-state index contributed by atoms with van der Waals surface area (Å²) < 4.78 is 6.11. The van der Waals surface area contributed by atoms with Crippen LogP contribution in [0.1, 0.15) is 0 Å². The van der Waals surface area contributed by atoms with Crippen molar-refractivity contribution in [3.8, 4) is 0 Å². The number of benzene rings is 4. The number of nitrogens with zero attached hydrogens (tertiary/aromatic N) is 1. The monoisotopic (exact) mass is 461 g/mol. The van der Waals surface area contributed by atoms with Crippen LogP contribution in [0.15, 0.2) is 126 Å². The number of rotatable bonds is 4. The van der Waals surface area contributed by atoms with E-state index >= 15 is 0 Å². The van der Waals surface area contributed by atoms with E-state index in [1.807, 2.05) is 6.07 Å². The van der Waals surface area contributed by atoms with Gasteiger partial charge in [-0.05, 0) is 32.9 Å². The van der Waals surface area contributed by atoms with E-state index in [9.17, 15) is 0 Å². The average Bonchev–Trinajstić information content (AvgIpc) is 3.26. The van der Waals surface area contributed by atoms with Gasteiger partial charge in [-0.3, -0.25) is 0 Å². The van der Waals surface area contributed by atoms with E-state index < -0.39 is 8.07 Å². The largest absolute Gasteiger partial charge is 0.456 e. The second-order valence-electron chi connectivity index (χ2n) is 8.14. The Labute approximate surface area is 198 Å². The first-order chi connectivity index (χ1) is 16.3. The molecular weight excluding hydrogens is 442 g/mol. The van der Waals surface area contributed by atoms with Gasteiger partial charge in [0.25, 0.3) is 0 Å². The van der Waals surface area contributed by atoms with Crippen LogP contribution in [-0.2, 0) is 0 Å². The number of aromatic nitrogens is 1. The van der Waals surface area contributed by atoms with Crippen LogP contribution in [-0.4, -0.2) is 13.1 Å². The third-order valence-corrected chi connectivity index (χ3v) is 11.5. The first-order valence-electron chi connectivity index (χ1n) is 10.9. The van der Waals surface area contributed by atoms with Gasteiger partial charge in [0.15, 0.2) is 8.07 Å². The Morgan fingerprint density at radius 3 is 1.67 bits per heavy atom. The second-order valence-corrected chi connectivity index (χ2v) is 12.3. The van der Waals surface area contributed by atoms with Gasteiger partial charge < -0.3 is 4.42 Å². The first kappa shape index (κ1) is 20.0. The minimum Gasteiger partial charge on any atom is -0.456 e. The van der Waals surface area contributed by atoms with Gasteiger partial charge >= 0.3 is 0 Å². The highest BCUT2D eigenvalue weighted by Crippen LogP contribution is 2.32. The lowest BCUT2D eigenvalue weighted by Crippen LogP contribution is -2.74. The number of fused-ring (bicyclic) bond motifs is 3. The highest BCUT2D eigenvalue weighted by Gasteiger charge is 2.41. The number of pyridine rings is 1. The fraction of sp³-hybridized carbons (Fsp3) is 0. The van der Waals surface area contributed by atoms with Gasteiger partial charge in [0.05, 0.1) is 5.39 Å². The molecule has 0 N–H and O–H groups in total. The van der Waals surface area contributed by atoms with Gasteiger partial charge in [-0.1, -0.05) is 115 Å². The smallest absolute Gasteiger partial charge is 0.179 e. The van der Waals surface area contributed by atoms with Crippen LogP contribution in [0.5, 0.6) is 0 Å². The Bertz CT molecular complexity index is 1470. The normalized spacial score (nSPS) is 11.8. The van der Waals surface area contributed by atoms with Crippen molar-refractivity contribution in [1.82, 2.24) is 4.98 Å². The summed E-state index contributed by atoms with van der Waals surface area (Å²) in [6.45, 7) is 0. The first-order valence-corrected chi connectivity index (χ1v) is 13.3. The Kier molecular flexibility index (Phi) is 4.86. The molecule has 0 amide bonds. The summed E-state index contributed by atoms with van der Waals surface area (Å²) in [4.78, 5) is 4.31. The maximum Gasteiger partial charge on any atom is 0.179 e. The van der Waals surface area contributed by atoms with Crippen molar-refractivity contribution in [3.05, 3.63) is 127 Å². The second kappa shape index (κ2) is 8.04. The van der Waals surface area contributed by atoms with Crippen molar-refractivity contribution in [2.45, 2.75) is 0 Å². The third-order valence-electron chi connectivity index (χ3n) is 6.39. The van der Waals surface area contributed by atoms with E-state index in [4.69, 9.17) is 16.0 Å². The quantitative estimate of drug-likeness (QED) is 0.209. The van der Waals surface area contributed by atoms with Gasteiger partial charge in [0, 0.05) is 11.6 Å². The molecule has 0 spiro atoms. The number of halogens is 1. The van der Waals surface area contributed by atoms with Crippen molar-refractivity contribution in [2.75, 3.05) is 0 Å². The Balaban J connectivity index is 1.77. The molecule has 0 saturated heterocycles. The van der Waals surface area contributed by atoms with Crippen LogP contribution in [0, 0.1) is 0 Å². The minimum absolute atomic E-state index is 0.467. The number of hydrogen-bond donors (Lipinski definition) is 0. The fourth-order valence-corrected chi connectivity index (χ4v) is 10.0. The van der Waals surface area contributed by atoms with Crippen molar-refractivity contribution < 1.29 is 4.42 Å². The predicted molar refractivity (Wildman–Crippen MR) is 140 cm³/mol. The molecule has 158 valence electrons. The van der Waals surface area contributed by atoms with Crippen LogP contribution >= 0.6 is 11.6 Å². The molecule has 6 rings (SSSR count). The minimum atomic E-state index is -2.60. The molecule has 0 aliphatic heterocycles. The lowest BCUT2D eigenvalue weighted by atomic mass is 10.2. The lowest BCUT2D eigenvalue weighted by molar-refractivity contribution is 0.668. The molecule has 0 saturated carbocycles. The highest BCUT2D eigenvalue weighted by molar-refractivity contribution is 7.20. The fourth-order valence-electron chi connectivity index (χ4n) is 4.98. The summed E-state index contributed by atoms with van der Waals surface area (Å²) in [5.74, 6) is 0. The van der Waals surface area contributed by atoms with Crippen LogP contribution in [0.2, 0.25) is 5.15 Å². The van der Waals surface area contributed by atoms with Crippen molar-refractivity contribution >= 4 is 62.4 Å². The van der Waals surface area contributed by atoms with Crippen LogP contribution in [0.4, 0.5) is 0 Å². The van der Waals surface area contributed by atoms with E-state index in [1.165, 1.54) is 20.7 Å². The molecule has 0 aliphatic rings. The van der Waals surface area contributed by atoms with Gasteiger partial charge in [-0.15, -0.1) is 0 Å². The zero-order valence-electron chi connectivity index (χ0n) is 17.8. The molecule has 0 aliphatic carbocycles. The predicted octanol–water partition coefficient (Wildman–Crippen LogP) is 5.01. The topological polar surface area (TPSA) is 26.0 Å². The van der Waals surface area contributed by atoms with Gasteiger partial charge in [0.2, 0.25) is 0 Å². The SMILES string of the molecule is Clc1nccc2oc3ccc([Si](c4ccccc4)(c4ccccc4)c4ccccc4)cc3c12. The molecule has 2 aromatic heterocycles. The zero-order chi connectivity index (χ0) is 22.3. The van der Waals surface area contributed by atoms with Crippen molar-refractivity contribution in [3.63, 3.8) is 0 Å². The Morgan fingerprint density at radius 2 is 1.12 bits per heavy atom. The van der Waals surface area contributed by atoms with Gasteiger partial charge in [0.1, 0.15) is 16.3 Å². The Morgan fingerprint density at radius 1 is 0.576 bits per heavy atom. The molecule has 33 heavy (non-hydrogen) atoms. The molecule has 4 heteroatoms. The molecule has 0 fully saturated rings. The summed E-state index contributed by atoms with van der Waals surface area (Å²) in [7, 11) is -2.60. The molecular formula is C29H20ClNOSi. The van der Waals surface area contributed by atoms with Crippen molar-refractivity contribution in [2.24, 2.45) is 0 Å². The summed E-state index contributed by atoms with van der Waals surface area (Å²) in [6.07, 6.45) is 1.69. The van der Waals surface area contributed by atoms with Gasteiger partial charge in [-0.25, -0.2) is 4.98 Å². The van der Waals surface area contributed by atoms with Crippen LogP contribution in [0.3, 0.4) is 0 Å². The molecule has 0 unspecified atom stereocenters. The molecule has 2 heterocycles. The molecule has 2 nitrogen and oxygen atoms in total.